The fourth-order valence-electron chi connectivity index (χ4n) is 2.16. The highest BCUT2D eigenvalue weighted by Gasteiger charge is 2.14. The van der Waals surface area contributed by atoms with Gasteiger partial charge >= 0.3 is 0 Å². The van der Waals surface area contributed by atoms with Gasteiger partial charge in [0.25, 0.3) is 0 Å². The Hall–Kier alpha value is -1.50. The number of nitrogens with zero attached hydrogens (tertiary/aromatic N) is 2. The minimum atomic E-state index is 0. The Kier molecular flexibility index (Phi) is 6.06. The van der Waals surface area contributed by atoms with Gasteiger partial charge in [-0.3, -0.25) is 0 Å². The molecule has 20 heavy (non-hydrogen) atoms. The second kappa shape index (κ2) is 7.33. The van der Waals surface area contributed by atoms with E-state index in [4.69, 9.17) is 20.9 Å². The molecule has 7 heteroatoms. The van der Waals surface area contributed by atoms with E-state index in [2.05, 4.69) is 4.98 Å². The Balaban J connectivity index is 0.00000200. The molecule has 0 atom stereocenters. The van der Waals surface area contributed by atoms with Crippen LogP contribution in [0, 0.1) is 0 Å². The molecule has 4 N–H and O–H groups in total. The number of benzene rings is 1. The molecular weight excluding hydrogens is 280 g/mol. The summed E-state index contributed by atoms with van der Waals surface area (Å²) in [6, 6.07) is 3.86. The first-order valence-electron chi connectivity index (χ1n) is 6.20. The van der Waals surface area contributed by atoms with E-state index in [1.165, 1.54) is 0 Å². The van der Waals surface area contributed by atoms with E-state index in [1.54, 1.807) is 14.2 Å². The van der Waals surface area contributed by atoms with Crippen molar-refractivity contribution in [3.8, 4) is 0 Å². The Bertz CT molecular complexity index is 571. The minimum Gasteiger partial charge on any atom is -0.397 e. The number of nitrogens with two attached hydrogens (primary N) is 2. The van der Waals surface area contributed by atoms with E-state index < -0.39 is 0 Å². The van der Waals surface area contributed by atoms with Crippen molar-refractivity contribution in [1.82, 2.24) is 9.55 Å². The number of rotatable bonds is 6. The van der Waals surface area contributed by atoms with Gasteiger partial charge < -0.3 is 25.5 Å². The summed E-state index contributed by atoms with van der Waals surface area (Å²) in [6.45, 7) is 1.85. The molecule has 0 bridgehead atoms. The van der Waals surface area contributed by atoms with Crippen molar-refractivity contribution >= 4 is 35.1 Å². The lowest BCUT2D eigenvalue weighted by Gasteiger charge is -2.08. The zero-order valence-electron chi connectivity index (χ0n) is 11.8. The standard InChI is InChI=1S/C13H20N4O2.ClH/c1-18-7-5-9-3-4-10(14)12-11(9)16-13(15)17(12)6-8-19-2;/h3-4H,5-8,14H2,1-2H3,(H2,15,16);1H. The van der Waals surface area contributed by atoms with Crippen LogP contribution in [0.2, 0.25) is 0 Å². The molecule has 0 radical (unpaired) electrons. The first-order chi connectivity index (χ1) is 9.19. The van der Waals surface area contributed by atoms with Gasteiger partial charge in [-0.2, -0.15) is 0 Å². The SMILES string of the molecule is COCCc1ccc(N)c2c1nc(N)n2CCOC.Cl. The molecule has 1 heterocycles. The second-order valence-electron chi connectivity index (χ2n) is 4.37. The summed E-state index contributed by atoms with van der Waals surface area (Å²) < 4.78 is 12.1. The van der Waals surface area contributed by atoms with Gasteiger partial charge in [0.05, 0.1) is 29.9 Å². The van der Waals surface area contributed by atoms with Crippen LogP contribution < -0.4 is 11.5 Å². The minimum absolute atomic E-state index is 0. The van der Waals surface area contributed by atoms with Gasteiger partial charge in [-0.25, -0.2) is 4.98 Å². The Labute approximate surface area is 124 Å². The molecule has 0 aliphatic rings. The van der Waals surface area contributed by atoms with E-state index in [9.17, 15) is 0 Å². The number of methoxy groups -OCH3 is 2. The molecule has 0 spiro atoms. The van der Waals surface area contributed by atoms with Crippen LogP contribution in [0.3, 0.4) is 0 Å². The molecule has 0 saturated heterocycles. The number of fused-ring (bicyclic) bond motifs is 1. The number of imidazole rings is 1. The highest BCUT2D eigenvalue weighted by atomic mass is 35.5. The highest BCUT2D eigenvalue weighted by Crippen LogP contribution is 2.27. The predicted molar refractivity (Wildman–Crippen MR) is 83.3 cm³/mol. The number of hydrogen-bond donors (Lipinski definition) is 2. The average Bonchev–Trinajstić information content (AvgIpc) is 2.73. The van der Waals surface area contributed by atoms with Crippen molar-refractivity contribution in [3.63, 3.8) is 0 Å². The summed E-state index contributed by atoms with van der Waals surface area (Å²) in [7, 11) is 3.34. The largest absolute Gasteiger partial charge is 0.397 e. The maximum absolute atomic E-state index is 6.05. The maximum Gasteiger partial charge on any atom is 0.201 e. The fraction of sp³-hybridized carbons (Fsp3) is 0.462. The van der Waals surface area contributed by atoms with Gasteiger partial charge in [0, 0.05) is 20.8 Å². The normalized spacial score (nSPS) is 10.7. The van der Waals surface area contributed by atoms with Gasteiger partial charge in [-0.05, 0) is 18.1 Å². The number of aromatic nitrogens is 2. The topological polar surface area (TPSA) is 88.3 Å². The number of nitrogen functional groups attached to an aromatic ring is 2. The third-order valence-electron chi connectivity index (χ3n) is 3.13. The van der Waals surface area contributed by atoms with Gasteiger partial charge in [0.15, 0.2) is 0 Å². The molecule has 0 amide bonds. The van der Waals surface area contributed by atoms with Crippen LogP contribution in [-0.4, -0.2) is 37.0 Å². The zero-order valence-corrected chi connectivity index (χ0v) is 12.6. The van der Waals surface area contributed by atoms with Crippen LogP contribution in [0.15, 0.2) is 12.1 Å². The molecule has 2 rings (SSSR count). The number of ether oxygens (including phenoxy) is 2. The predicted octanol–water partition coefficient (Wildman–Crippen LogP) is 1.46. The molecule has 2 aromatic rings. The molecule has 0 unspecified atom stereocenters. The molecule has 1 aromatic heterocycles. The van der Waals surface area contributed by atoms with E-state index in [0.29, 0.717) is 31.4 Å². The van der Waals surface area contributed by atoms with Crippen molar-refractivity contribution in [2.75, 3.05) is 38.9 Å². The monoisotopic (exact) mass is 300 g/mol. The molecule has 6 nitrogen and oxygen atoms in total. The van der Waals surface area contributed by atoms with Gasteiger partial charge in [0.1, 0.15) is 0 Å². The molecule has 0 aliphatic carbocycles. The molecular formula is C13H21ClN4O2. The lowest BCUT2D eigenvalue weighted by atomic mass is 10.1. The van der Waals surface area contributed by atoms with Gasteiger partial charge in [-0.1, -0.05) is 6.07 Å². The van der Waals surface area contributed by atoms with E-state index >= 15 is 0 Å². The lowest BCUT2D eigenvalue weighted by molar-refractivity contribution is 0.189. The Morgan fingerprint density at radius 2 is 1.85 bits per heavy atom. The van der Waals surface area contributed by atoms with Crippen LogP contribution in [0.1, 0.15) is 5.56 Å². The van der Waals surface area contributed by atoms with Crippen molar-refractivity contribution in [1.29, 1.82) is 0 Å². The molecule has 1 aromatic carbocycles. The van der Waals surface area contributed by atoms with E-state index in [-0.39, 0.29) is 12.4 Å². The molecule has 112 valence electrons. The third-order valence-corrected chi connectivity index (χ3v) is 3.13. The van der Waals surface area contributed by atoms with Gasteiger partial charge in [-0.15, -0.1) is 12.4 Å². The summed E-state index contributed by atoms with van der Waals surface area (Å²) in [4.78, 5) is 4.43. The van der Waals surface area contributed by atoms with Crippen LogP contribution in [0.5, 0.6) is 0 Å². The molecule has 0 fully saturated rings. The van der Waals surface area contributed by atoms with E-state index in [0.717, 1.165) is 23.0 Å². The van der Waals surface area contributed by atoms with Gasteiger partial charge in [0.2, 0.25) is 5.95 Å². The maximum atomic E-state index is 6.05. The van der Waals surface area contributed by atoms with Crippen molar-refractivity contribution in [3.05, 3.63) is 17.7 Å². The smallest absolute Gasteiger partial charge is 0.201 e. The number of halogens is 1. The average molecular weight is 301 g/mol. The van der Waals surface area contributed by atoms with E-state index in [1.807, 2.05) is 16.7 Å². The summed E-state index contributed by atoms with van der Waals surface area (Å²) in [5, 5.41) is 0. The summed E-state index contributed by atoms with van der Waals surface area (Å²) >= 11 is 0. The fourth-order valence-corrected chi connectivity index (χ4v) is 2.16. The van der Waals surface area contributed by atoms with Crippen LogP contribution in [0.25, 0.3) is 11.0 Å². The first kappa shape index (κ1) is 16.6. The lowest BCUT2D eigenvalue weighted by Crippen LogP contribution is -2.08. The third kappa shape index (κ3) is 3.15. The van der Waals surface area contributed by atoms with Crippen LogP contribution in [-0.2, 0) is 22.4 Å². The summed E-state index contributed by atoms with van der Waals surface area (Å²) in [6.07, 6.45) is 0.786. The van der Waals surface area contributed by atoms with Crippen molar-refractivity contribution < 1.29 is 9.47 Å². The Morgan fingerprint density at radius 3 is 2.50 bits per heavy atom. The quantitative estimate of drug-likeness (QED) is 0.789. The summed E-state index contributed by atoms with van der Waals surface area (Å²) in [5.74, 6) is 0.462. The number of hydrogen-bond acceptors (Lipinski definition) is 5. The van der Waals surface area contributed by atoms with Crippen molar-refractivity contribution in [2.24, 2.45) is 0 Å². The summed E-state index contributed by atoms with van der Waals surface area (Å²) in [5.41, 5.74) is 15.5. The molecule has 0 aliphatic heterocycles. The molecule has 0 saturated carbocycles. The second-order valence-corrected chi connectivity index (χ2v) is 4.37. The Morgan fingerprint density at radius 1 is 1.15 bits per heavy atom. The van der Waals surface area contributed by atoms with Crippen LogP contribution >= 0.6 is 12.4 Å². The number of anilines is 2. The zero-order chi connectivity index (χ0) is 13.8. The van der Waals surface area contributed by atoms with Crippen molar-refractivity contribution in [2.45, 2.75) is 13.0 Å². The van der Waals surface area contributed by atoms with Crippen LogP contribution in [0.4, 0.5) is 11.6 Å². The first-order valence-corrected chi connectivity index (χ1v) is 6.20. The highest BCUT2D eigenvalue weighted by molar-refractivity contribution is 5.91.